The summed E-state index contributed by atoms with van der Waals surface area (Å²) in [6.45, 7) is 1.07. The van der Waals surface area contributed by atoms with Crippen LogP contribution in [0.3, 0.4) is 0 Å². The number of hydrogen-bond acceptors (Lipinski definition) is 7. The smallest absolute Gasteiger partial charge is 0.463 e. The average molecular weight is 257 g/mol. The number of ether oxygens (including phenoxy) is 1. The summed E-state index contributed by atoms with van der Waals surface area (Å²) < 4.78 is 19.5. The zero-order valence-corrected chi connectivity index (χ0v) is 10.1. The molecule has 0 aliphatic carbocycles. The van der Waals surface area contributed by atoms with Crippen LogP contribution in [0.1, 0.15) is 6.42 Å². The lowest BCUT2D eigenvalue weighted by Gasteiger charge is -1.98. The molecule has 0 rings (SSSR count). The summed E-state index contributed by atoms with van der Waals surface area (Å²) in [6, 6.07) is 0. The van der Waals surface area contributed by atoms with E-state index in [0.717, 1.165) is 0 Å². The molecule has 0 radical (unpaired) electrons. The Hall–Kier alpha value is -0.590. The van der Waals surface area contributed by atoms with Gasteiger partial charge in [-0.15, -0.1) is 4.52 Å². The number of esters is 1. The third-order valence-electron chi connectivity index (χ3n) is 1.03. The quantitative estimate of drug-likeness (QED) is 0.407. The second-order valence-corrected chi connectivity index (χ2v) is 3.55. The molecule has 0 aromatic carbocycles. The minimum atomic E-state index is -1.65. The van der Waals surface area contributed by atoms with E-state index in [4.69, 9.17) is 15.3 Å². The molecule has 3 N–H and O–H groups in total. The maximum atomic E-state index is 10.7. The first-order chi connectivity index (χ1) is 7.58. The van der Waals surface area contributed by atoms with E-state index in [-0.39, 0.29) is 39.5 Å². The van der Waals surface area contributed by atoms with Crippen molar-refractivity contribution in [1.82, 2.24) is 0 Å². The van der Waals surface area contributed by atoms with Crippen LogP contribution < -0.4 is 0 Å². The van der Waals surface area contributed by atoms with E-state index >= 15 is 0 Å². The van der Waals surface area contributed by atoms with Crippen LogP contribution >= 0.6 is 8.03 Å². The van der Waals surface area contributed by atoms with Gasteiger partial charge < -0.3 is 20.1 Å². The Morgan fingerprint density at radius 2 is 1.69 bits per heavy atom. The van der Waals surface area contributed by atoms with E-state index in [0.29, 0.717) is 0 Å². The lowest BCUT2D eigenvalue weighted by Crippen LogP contribution is -2.09. The number of carbonyl (C=O) groups excluding carboxylic acids is 1. The van der Waals surface area contributed by atoms with Gasteiger partial charge in [-0.3, -0.25) is 4.79 Å². The highest BCUT2D eigenvalue weighted by atomic mass is 31.1. The van der Waals surface area contributed by atoms with Crippen molar-refractivity contribution in [3.05, 3.63) is 0 Å². The zero-order chi connectivity index (χ0) is 12.8. The van der Waals surface area contributed by atoms with Gasteiger partial charge in [-0.2, -0.15) is 0 Å². The van der Waals surface area contributed by atoms with Gasteiger partial charge in [0, 0.05) is 0 Å². The molecule has 0 aliphatic rings. The Balaban J connectivity index is 0. The molecular weight excluding hydrogens is 239 g/mol. The molecule has 16 heavy (non-hydrogen) atoms. The molecule has 0 heterocycles. The molecule has 8 heteroatoms. The summed E-state index contributed by atoms with van der Waals surface area (Å²) in [5.74, 6) is -0.457. The van der Waals surface area contributed by atoms with E-state index in [1.807, 2.05) is 0 Å². The average Bonchev–Trinajstić information content (AvgIpc) is 2.26. The van der Waals surface area contributed by atoms with Crippen molar-refractivity contribution in [1.29, 1.82) is 0 Å². The van der Waals surface area contributed by atoms with E-state index in [9.17, 15) is 9.36 Å². The van der Waals surface area contributed by atoms with Gasteiger partial charge in [0.05, 0.1) is 26.2 Å². The Morgan fingerprint density at radius 3 is 2.06 bits per heavy atom. The van der Waals surface area contributed by atoms with Crippen molar-refractivity contribution >= 4 is 14.0 Å². The Kier molecular flexibility index (Phi) is 16.0. The molecule has 0 fully saturated rings. The standard InChI is InChI=1S/C6H12O5P.C2H6O2/c1-12(9)11-4-2-6(8)10-5-3-7;3-1-2-4/h7H,2-5H2,1H3;3-4H,1-2H2/q+1;. The largest absolute Gasteiger partial charge is 0.504 e. The van der Waals surface area contributed by atoms with E-state index < -0.39 is 14.0 Å². The lowest BCUT2D eigenvalue weighted by molar-refractivity contribution is -0.145. The molecule has 0 saturated carbocycles. The minimum absolute atomic E-state index is 0.00288. The highest BCUT2D eigenvalue weighted by Gasteiger charge is 2.09. The first-order valence-corrected chi connectivity index (χ1v) is 6.22. The number of hydrogen-bond donors (Lipinski definition) is 3. The Labute approximate surface area is 94.9 Å². The van der Waals surface area contributed by atoms with Gasteiger partial charge in [-0.05, 0) is 4.57 Å². The molecule has 0 aliphatic heterocycles. The van der Waals surface area contributed by atoms with Gasteiger partial charge in [-0.1, -0.05) is 0 Å². The maximum absolute atomic E-state index is 10.7. The van der Waals surface area contributed by atoms with Gasteiger partial charge in [-0.25, -0.2) is 0 Å². The fraction of sp³-hybridized carbons (Fsp3) is 0.875. The molecule has 0 aromatic heterocycles. The van der Waals surface area contributed by atoms with Crippen molar-refractivity contribution in [3.8, 4) is 0 Å². The molecule has 0 aromatic rings. The van der Waals surface area contributed by atoms with Crippen LogP contribution in [0.4, 0.5) is 0 Å². The van der Waals surface area contributed by atoms with Crippen molar-refractivity contribution in [3.63, 3.8) is 0 Å². The van der Waals surface area contributed by atoms with Gasteiger partial charge in [0.25, 0.3) is 0 Å². The molecular formula is C8H18O7P+. The first kappa shape index (κ1) is 17.8. The fourth-order valence-electron chi connectivity index (χ4n) is 0.489. The van der Waals surface area contributed by atoms with E-state index in [1.54, 1.807) is 0 Å². The summed E-state index contributed by atoms with van der Waals surface area (Å²) in [7, 11) is -1.65. The summed E-state index contributed by atoms with van der Waals surface area (Å²) in [5.41, 5.74) is 0. The molecule has 0 saturated heterocycles. The van der Waals surface area contributed by atoms with Crippen LogP contribution in [0.25, 0.3) is 0 Å². The molecule has 96 valence electrons. The van der Waals surface area contributed by atoms with Crippen molar-refractivity contribution in [2.75, 3.05) is 39.7 Å². The van der Waals surface area contributed by atoms with Crippen LogP contribution in [0, 0.1) is 0 Å². The second-order valence-electron chi connectivity index (χ2n) is 2.41. The predicted molar refractivity (Wildman–Crippen MR) is 56.3 cm³/mol. The molecule has 0 amide bonds. The van der Waals surface area contributed by atoms with Crippen LogP contribution in [0.5, 0.6) is 0 Å². The maximum Gasteiger partial charge on any atom is 0.504 e. The SMILES string of the molecule is C[P+](=O)OCCC(=O)OCCO.OCCO. The number of carbonyl (C=O) groups is 1. The molecule has 1 atom stereocenters. The number of aliphatic hydroxyl groups excluding tert-OH is 3. The van der Waals surface area contributed by atoms with Crippen LogP contribution in [0.15, 0.2) is 0 Å². The molecule has 1 unspecified atom stereocenters. The Bertz CT molecular complexity index is 183. The predicted octanol–water partition coefficient (Wildman–Crippen LogP) is -0.728. The third kappa shape index (κ3) is 19.1. The first-order valence-electron chi connectivity index (χ1n) is 4.60. The topological polar surface area (TPSA) is 113 Å². The van der Waals surface area contributed by atoms with Crippen molar-refractivity contribution in [2.24, 2.45) is 0 Å². The van der Waals surface area contributed by atoms with Crippen LogP contribution in [0.2, 0.25) is 0 Å². The summed E-state index contributed by atoms with van der Waals surface area (Å²) >= 11 is 0. The molecule has 0 bridgehead atoms. The van der Waals surface area contributed by atoms with Crippen molar-refractivity contribution < 1.29 is 33.9 Å². The summed E-state index contributed by atoms with van der Waals surface area (Å²) in [5, 5.41) is 23.5. The van der Waals surface area contributed by atoms with Crippen molar-refractivity contribution in [2.45, 2.75) is 6.42 Å². The second kappa shape index (κ2) is 14.4. The minimum Gasteiger partial charge on any atom is -0.463 e. The van der Waals surface area contributed by atoms with Gasteiger partial charge >= 0.3 is 14.0 Å². The molecule has 0 spiro atoms. The number of aliphatic hydroxyl groups is 3. The van der Waals surface area contributed by atoms with E-state index in [1.165, 1.54) is 6.66 Å². The molecule has 7 nitrogen and oxygen atoms in total. The van der Waals surface area contributed by atoms with Gasteiger partial charge in [0.2, 0.25) is 0 Å². The summed E-state index contributed by atoms with van der Waals surface area (Å²) in [4.78, 5) is 10.7. The fourth-order valence-corrected chi connectivity index (χ4v) is 0.838. The van der Waals surface area contributed by atoms with Gasteiger partial charge in [0.1, 0.15) is 13.2 Å². The monoisotopic (exact) mass is 257 g/mol. The third-order valence-corrected chi connectivity index (χ3v) is 1.58. The van der Waals surface area contributed by atoms with Gasteiger partial charge in [0.15, 0.2) is 6.66 Å². The highest BCUT2D eigenvalue weighted by molar-refractivity contribution is 7.38. The zero-order valence-electron chi connectivity index (χ0n) is 9.16. The number of rotatable bonds is 7. The normalized spacial score (nSPS) is 10.1. The van der Waals surface area contributed by atoms with Crippen LogP contribution in [-0.2, 0) is 18.6 Å². The lowest BCUT2D eigenvalue weighted by atomic mass is 10.5. The summed E-state index contributed by atoms with van der Waals surface area (Å²) in [6.07, 6.45) is 0.0644. The van der Waals surface area contributed by atoms with Crippen LogP contribution in [-0.4, -0.2) is 61.0 Å². The Morgan fingerprint density at radius 1 is 1.12 bits per heavy atom. The highest BCUT2D eigenvalue weighted by Crippen LogP contribution is 2.14. The van der Waals surface area contributed by atoms with E-state index in [2.05, 4.69) is 9.26 Å².